The molecule has 3 heterocycles. The molecular formula is C27H49N5O2. The van der Waals surface area contributed by atoms with Crippen LogP contribution in [0.2, 0.25) is 0 Å². The van der Waals surface area contributed by atoms with Gasteiger partial charge in [-0.15, -0.1) is 0 Å². The molecular weight excluding hydrogens is 426 g/mol. The molecule has 0 radical (unpaired) electrons. The molecule has 2 aliphatic carbocycles. The Labute approximate surface area is 207 Å². The molecule has 2 saturated carbocycles. The number of carbonyl (C=O) groups excluding carboxylic acids is 1. The van der Waals surface area contributed by atoms with Gasteiger partial charge in [0.25, 0.3) is 0 Å². The standard InChI is InChI=1S/C27H49N5O2/c1-34-25-10-6-20(7-11-25)22-18-28-27(29-19-22)30-23-8-4-21(5-9-23)26(33)32-16-12-24(13-17-32)31-14-2-3-15-31/h20-25,27-30H,2-19H2,1H3. The largest absolute Gasteiger partial charge is 0.381 e. The molecule has 5 aliphatic rings. The predicted octanol–water partition coefficient (Wildman–Crippen LogP) is 2.52. The van der Waals surface area contributed by atoms with Gasteiger partial charge >= 0.3 is 0 Å². The Balaban J connectivity index is 0.975. The Morgan fingerprint density at radius 2 is 1.44 bits per heavy atom. The maximum absolute atomic E-state index is 13.2. The van der Waals surface area contributed by atoms with Crippen molar-refractivity contribution >= 4 is 5.91 Å². The highest BCUT2D eigenvalue weighted by atomic mass is 16.5. The monoisotopic (exact) mass is 475 g/mol. The smallest absolute Gasteiger partial charge is 0.225 e. The fraction of sp³-hybridized carbons (Fsp3) is 0.963. The van der Waals surface area contributed by atoms with Crippen molar-refractivity contribution in [1.82, 2.24) is 25.8 Å². The summed E-state index contributed by atoms with van der Waals surface area (Å²) >= 11 is 0. The fourth-order valence-corrected chi connectivity index (χ4v) is 7.49. The van der Waals surface area contributed by atoms with Crippen LogP contribution in [0.4, 0.5) is 0 Å². The van der Waals surface area contributed by atoms with Crippen LogP contribution in [-0.4, -0.2) is 86.6 Å². The summed E-state index contributed by atoms with van der Waals surface area (Å²) in [5.41, 5.74) is 0. The van der Waals surface area contributed by atoms with Crippen molar-refractivity contribution in [1.29, 1.82) is 0 Å². The first-order chi connectivity index (χ1) is 16.7. The third-order valence-corrected chi connectivity index (χ3v) is 9.80. The van der Waals surface area contributed by atoms with Gasteiger partial charge in [-0.1, -0.05) is 0 Å². The van der Waals surface area contributed by atoms with Crippen molar-refractivity contribution in [2.45, 2.75) is 102 Å². The van der Waals surface area contributed by atoms with E-state index < -0.39 is 0 Å². The van der Waals surface area contributed by atoms with Crippen molar-refractivity contribution in [2.75, 3.05) is 46.4 Å². The molecule has 0 spiro atoms. The highest BCUT2D eigenvalue weighted by Gasteiger charge is 2.35. The van der Waals surface area contributed by atoms with Gasteiger partial charge in [-0.3, -0.25) is 20.7 Å². The number of nitrogens with one attached hydrogen (secondary N) is 3. The molecule has 3 saturated heterocycles. The predicted molar refractivity (Wildman–Crippen MR) is 135 cm³/mol. The Morgan fingerprint density at radius 3 is 2.06 bits per heavy atom. The zero-order valence-electron chi connectivity index (χ0n) is 21.5. The number of likely N-dealkylation sites (tertiary alicyclic amines) is 2. The van der Waals surface area contributed by atoms with Gasteiger partial charge in [-0.05, 0) is 102 Å². The first-order valence-electron chi connectivity index (χ1n) is 14.5. The summed E-state index contributed by atoms with van der Waals surface area (Å²) in [5, 5.41) is 11.2. The zero-order valence-corrected chi connectivity index (χ0v) is 21.5. The van der Waals surface area contributed by atoms with E-state index in [0.717, 1.165) is 69.7 Å². The van der Waals surface area contributed by atoms with E-state index in [1.807, 2.05) is 7.11 Å². The molecule has 5 rings (SSSR count). The third-order valence-electron chi connectivity index (χ3n) is 9.80. The van der Waals surface area contributed by atoms with Gasteiger partial charge in [0.2, 0.25) is 5.91 Å². The third kappa shape index (κ3) is 6.15. The molecule has 3 aliphatic heterocycles. The van der Waals surface area contributed by atoms with Crippen LogP contribution in [0.5, 0.6) is 0 Å². The number of hydrogen-bond donors (Lipinski definition) is 3. The molecule has 0 unspecified atom stereocenters. The molecule has 34 heavy (non-hydrogen) atoms. The van der Waals surface area contributed by atoms with Crippen LogP contribution in [-0.2, 0) is 9.53 Å². The van der Waals surface area contributed by atoms with Gasteiger partial charge in [-0.25, -0.2) is 0 Å². The molecule has 5 fully saturated rings. The summed E-state index contributed by atoms with van der Waals surface area (Å²) in [6.45, 7) is 6.71. The van der Waals surface area contributed by atoms with E-state index >= 15 is 0 Å². The minimum Gasteiger partial charge on any atom is -0.381 e. The van der Waals surface area contributed by atoms with Crippen molar-refractivity contribution in [2.24, 2.45) is 17.8 Å². The van der Waals surface area contributed by atoms with Crippen LogP contribution < -0.4 is 16.0 Å². The topological polar surface area (TPSA) is 68.9 Å². The number of methoxy groups -OCH3 is 1. The quantitative estimate of drug-likeness (QED) is 0.549. The van der Waals surface area contributed by atoms with E-state index in [2.05, 4.69) is 25.8 Å². The van der Waals surface area contributed by atoms with E-state index in [1.54, 1.807) is 0 Å². The number of nitrogens with zero attached hydrogens (tertiary/aromatic N) is 2. The molecule has 194 valence electrons. The molecule has 0 aromatic heterocycles. The number of hydrogen-bond acceptors (Lipinski definition) is 6. The Morgan fingerprint density at radius 1 is 0.794 bits per heavy atom. The van der Waals surface area contributed by atoms with Crippen LogP contribution >= 0.6 is 0 Å². The maximum Gasteiger partial charge on any atom is 0.225 e. The summed E-state index contributed by atoms with van der Waals surface area (Å²) in [5.74, 6) is 2.26. The SMILES string of the molecule is COC1CCC(C2CNC(NC3CCC(C(=O)N4CCC(N5CCCC5)CC4)CC3)NC2)CC1. The lowest BCUT2D eigenvalue weighted by molar-refractivity contribution is -0.138. The second-order valence-electron chi connectivity index (χ2n) is 11.8. The Hall–Kier alpha value is -0.730. The lowest BCUT2D eigenvalue weighted by Gasteiger charge is -2.41. The van der Waals surface area contributed by atoms with Gasteiger partial charge in [0, 0.05) is 51.3 Å². The summed E-state index contributed by atoms with van der Waals surface area (Å²) in [4.78, 5) is 18.0. The minimum absolute atomic E-state index is 0.216. The number of piperidine rings is 1. The molecule has 0 bridgehead atoms. The van der Waals surface area contributed by atoms with Crippen molar-refractivity contribution in [3.63, 3.8) is 0 Å². The van der Waals surface area contributed by atoms with Gasteiger partial charge in [-0.2, -0.15) is 0 Å². The van der Waals surface area contributed by atoms with Crippen molar-refractivity contribution in [3.05, 3.63) is 0 Å². The zero-order chi connectivity index (χ0) is 23.3. The summed E-state index contributed by atoms with van der Waals surface area (Å²) in [7, 11) is 1.85. The summed E-state index contributed by atoms with van der Waals surface area (Å²) in [6.07, 6.45) is 15.1. The normalized spacial score (nSPS) is 38.8. The van der Waals surface area contributed by atoms with Crippen LogP contribution in [0.1, 0.15) is 77.0 Å². The van der Waals surface area contributed by atoms with E-state index in [1.165, 1.54) is 64.5 Å². The second-order valence-corrected chi connectivity index (χ2v) is 11.8. The first kappa shape index (κ1) is 24.9. The van der Waals surface area contributed by atoms with E-state index in [0.29, 0.717) is 18.1 Å². The summed E-state index contributed by atoms with van der Waals surface area (Å²) < 4.78 is 5.54. The fourth-order valence-electron chi connectivity index (χ4n) is 7.49. The van der Waals surface area contributed by atoms with Gasteiger partial charge < -0.3 is 14.5 Å². The summed E-state index contributed by atoms with van der Waals surface area (Å²) in [6, 6.07) is 1.24. The second kappa shape index (κ2) is 12.0. The van der Waals surface area contributed by atoms with Crippen LogP contribution in [0.3, 0.4) is 0 Å². The van der Waals surface area contributed by atoms with Gasteiger partial charge in [0.15, 0.2) is 0 Å². The minimum atomic E-state index is 0.216. The number of ether oxygens (including phenoxy) is 1. The number of rotatable bonds is 6. The Kier molecular flexibility index (Phi) is 8.81. The molecule has 0 aromatic rings. The Bertz CT molecular complexity index is 625. The van der Waals surface area contributed by atoms with Crippen LogP contribution in [0.15, 0.2) is 0 Å². The van der Waals surface area contributed by atoms with E-state index in [-0.39, 0.29) is 12.2 Å². The van der Waals surface area contributed by atoms with Gasteiger partial charge in [0.05, 0.1) is 6.10 Å². The van der Waals surface area contributed by atoms with Crippen LogP contribution in [0.25, 0.3) is 0 Å². The lowest BCUT2D eigenvalue weighted by atomic mass is 9.78. The van der Waals surface area contributed by atoms with E-state index in [4.69, 9.17) is 4.74 Å². The molecule has 3 N–H and O–H groups in total. The molecule has 7 heteroatoms. The highest BCUT2D eigenvalue weighted by Crippen LogP contribution is 2.32. The van der Waals surface area contributed by atoms with E-state index in [9.17, 15) is 4.79 Å². The van der Waals surface area contributed by atoms with Crippen molar-refractivity contribution in [3.8, 4) is 0 Å². The molecule has 0 atom stereocenters. The van der Waals surface area contributed by atoms with Gasteiger partial charge in [0.1, 0.15) is 6.29 Å². The lowest BCUT2D eigenvalue weighted by Crippen LogP contribution is -2.63. The maximum atomic E-state index is 13.2. The van der Waals surface area contributed by atoms with Crippen molar-refractivity contribution < 1.29 is 9.53 Å². The number of amides is 1. The molecule has 7 nitrogen and oxygen atoms in total. The molecule has 0 aromatic carbocycles. The number of carbonyl (C=O) groups is 1. The molecule has 1 amide bonds. The van der Waals surface area contributed by atoms with Crippen LogP contribution in [0, 0.1) is 17.8 Å². The average molecular weight is 476 g/mol. The first-order valence-corrected chi connectivity index (χ1v) is 14.5. The highest BCUT2D eigenvalue weighted by molar-refractivity contribution is 5.79. The average Bonchev–Trinajstić information content (AvgIpc) is 3.45.